The number of phenols is 4. The first-order valence-electron chi connectivity index (χ1n) is 7.44. The number of aliphatic carboxylic acids is 1. The lowest BCUT2D eigenvalue weighted by Crippen LogP contribution is -2.42. The van der Waals surface area contributed by atoms with Gasteiger partial charge in [0, 0.05) is 6.42 Å². The Morgan fingerprint density at radius 2 is 1.52 bits per heavy atom. The zero-order chi connectivity index (χ0) is 20.3. The molecule has 0 heterocycles. The minimum absolute atomic E-state index is 0.278. The number of hydrogen-bond donors (Lipinski definition) is 7. The van der Waals surface area contributed by atoms with E-state index in [1.165, 1.54) is 6.07 Å². The number of aromatic carboxylic acids is 1. The predicted octanol–water partition coefficient (Wildman–Crippen LogP) is 0.633. The van der Waals surface area contributed by atoms with Crippen LogP contribution in [0.2, 0.25) is 0 Å². The summed E-state index contributed by atoms with van der Waals surface area (Å²) in [4.78, 5) is 34.7. The van der Waals surface area contributed by atoms with Crippen LogP contribution in [0.5, 0.6) is 23.0 Å². The van der Waals surface area contributed by atoms with E-state index in [4.69, 9.17) is 5.11 Å². The van der Waals surface area contributed by atoms with Crippen LogP contribution in [0.4, 0.5) is 0 Å². The average molecular weight is 377 g/mol. The van der Waals surface area contributed by atoms with Crippen molar-refractivity contribution in [2.45, 2.75) is 12.5 Å². The zero-order valence-electron chi connectivity index (χ0n) is 13.6. The summed E-state index contributed by atoms with van der Waals surface area (Å²) >= 11 is 0. The number of carbonyl (C=O) groups is 3. The maximum atomic E-state index is 12.3. The summed E-state index contributed by atoms with van der Waals surface area (Å²) in [7, 11) is 0. The number of rotatable bonds is 6. The third kappa shape index (κ3) is 4.37. The fourth-order valence-electron chi connectivity index (χ4n) is 2.32. The summed E-state index contributed by atoms with van der Waals surface area (Å²) in [6.45, 7) is 0. The van der Waals surface area contributed by atoms with Crippen molar-refractivity contribution >= 4 is 17.8 Å². The first-order chi connectivity index (χ1) is 12.6. The normalized spacial score (nSPS) is 11.6. The van der Waals surface area contributed by atoms with Crippen molar-refractivity contribution in [3.8, 4) is 23.0 Å². The SMILES string of the molecule is O=C(O)c1cc(O)cc(C(=O)NC(Cc2ccc(O)c(O)c2)C(=O)O)c1O. The molecule has 0 saturated carbocycles. The van der Waals surface area contributed by atoms with Gasteiger partial charge in [0.1, 0.15) is 23.1 Å². The minimum atomic E-state index is -1.59. The van der Waals surface area contributed by atoms with E-state index >= 15 is 0 Å². The third-order valence-electron chi connectivity index (χ3n) is 3.65. The quantitative estimate of drug-likeness (QED) is 0.280. The molecule has 0 radical (unpaired) electrons. The smallest absolute Gasteiger partial charge is 0.339 e. The fourth-order valence-corrected chi connectivity index (χ4v) is 2.32. The Kier molecular flexibility index (Phi) is 5.40. The van der Waals surface area contributed by atoms with Crippen LogP contribution < -0.4 is 5.32 Å². The number of amides is 1. The van der Waals surface area contributed by atoms with E-state index in [0.29, 0.717) is 0 Å². The second-order valence-corrected chi connectivity index (χ2v) is 5.59. The van der Waals surface area contributed by atoms with Crippen LogP contribution in [0.1, 0.15) is 26.3 Å². The van der Waals surface area contributed by atoms with Crippen molar-refractivity contribution in [1.82, 2.24) is 5.32 Å². The highest BCUT2D eigenvalue weighted by molar-refractivity contribution is 6.03. The van der Waals surface area contributed by atoms with Gasteiger partial charge in [-0.3, -0.25) is 4.79 Å². The van der Waals surface area contributed by atoms with Gasteiger partial charge in [-0.1, -0.05) is 6.07 Å². The van der Waals surface area contributed by atoms with Crippen LogP contribution in [-0.4, -0.2) is 54.5 Å². The standard InChI is InChI=1S/C17H15NO9/c19-8-5-9(14(22)10(6-8)16(24)25)15(23)18-11(17(26)27)3-7-1-2-12(20)13(21)4-7/h1-2,4-6,11,19-22H,3H2,(H,18,23)(H,24,25)(H,26,27). The molecule has 0 fully saturated rings. The van der Waals surface area contributed by atoms with Crippen LogP contribution in [-0.2, 0) is 11.2 Å². The van der Waals surface area contributed by atoms with Gasteiger partial charge in [-0.25, -0.2) is 9.59 Å². The second kappa shape index (κ2) is 7.52. The molecule has 0 aliphatic carbocycles. The molecule has 0 spiro atoms. The Bertz CT molecular complexity index is 923. The van der Waals surface area contributed by atoms with Gasteiger partial charge >= 0.3 is 11.9 Å². The molecule has 0 saturated heterocycles. The maximum Gasteiger partial charge on any atom is 0.339 e. The Morgan fingerprint density at radius 3 is 2.07 bits per heavy atom. The van der Waals surface area contributed by atoms with Gasteiger partial charge in [0.2, 0.25) is 0 Å². The van der Waals surface area contributed by atoms with Gasteiger partial charge in [0.25, 0.3) is 5.91 Å². The van der Waals surface area contributed by atoms with Crippen LogP contribution in [0, 0.1) is 0 Å². The van der Waals surface area contributed by atoms with Gasteiger partial charge in [-0.2, -0.15) is 0 Å². The van der Waals surface area contributed by atoms with E-state index in [0.717, 1.165) is 24.3 Å². The number of aromatic hydroxyl groups is 4. The van der Waals surface area contributed by atoms with E-state index in [9.17, 15) is 39.9 Å². The molecule has 7 N–H and O–H groups in total. The van der Waals surface area contributed by atoms with Crippen LogP contribution in [0.25, 0.3) is 0 Å². The van der Waals surface area contributed by atoms with Crippen molar-refractivity contribution in [1.29, 1.82) is 0 Å². The summed E-state index contributed by atoms with van der Waals surface area (Å²) < 4.78 is 0. The van der Waals surface area contributed by atoms with Crippen LogP contribution >= 0.6 is 0 Å². The fraction of sp³-hybridized carbons (Fsp3) is 0.118. The van der Waals surface area contributed by atoms with Gasteiger partial charge in [0.15, 0.2) is 11.5 Å². The number of carbonyl (C=O) groups excluding carboxylic acids is 1. The average Bonchev–Trinajstić information content (AvgIpc) is 2.58. The van der Waals surface area contributed by atoms with E-state index in [2.05, 4.69) is 5.32 Å². The lowest BCUT2D eigenvalue weighted by Gasteiger charge is -2.16. The molecule has 0 aromatic heterocycles. The van der Waals surface area contributed by atoms with E-state index in [1.54, 1.807) is 0 Å². The highest BCUT2D eigenvalue weighted by Crippen LogP contribution is 2.28. The molecule has 0 aliphatic heterocycles. The van der Waals surface area contributed by atoms with Gasteiger partial charge in [-0.15, -0.1) is 0 Å². The Morgan fingerprint density at radius 1 is 0.889 bits per heavy atom. The lowest BCUT2D eigenvalue weighted by atomic mass is 10.0. The molecular weight excluding hydrogens is 362 g/mol. The molecule has 2 aromatic carbocycles. The van der Waals surface area contributed by atoms with E-state index < -0.39 is 58.0 Å². The first-order valence-corrected chi connectivity index (χ1v) is 7.44. The Balaban J connectivity index is 2.29. The van der Waals surface area contributed by atoms with Crippen molar-refractivity contribution in [3.63, 3.8) is 0 Å². The molecule has 10 heteroatoms. The molecule has 0 bridgehead atoms. The molecule has 10 nitrogen and oxygen atoms in total. The summed E-state index contributed by atoms with van der Waals surface area (Å²) in [5, 5.41) is 58.5. The van der Waals surface area contributed by atoms with Crippen LogP contribution in [0.3, 0.4) is 0 Å². The molecular formula is C17H15NO9. The monoisotopic (exact) mass is 377 g/mol. The summed E-state index contributed by atoms with van der Waals surface area (Å²) in [5.41, 5.74) is -1.06. The number of carboxylic acid groups (broad SMARTS) is 2. The van der Waals surface area contributed by atoms with Crippen molar-refractivity contribution in [3.05, 3.63) is 47.0 Å². The van der Waals surface area contributed by atoms with Crippen molar-refractivity contribution in [2.24, 2.45) is 0 Å². The van der Waals surface area contributed by atoms with Crippen LogP contribution in [0.15, 0.2) is 30.3 Å². The number of nitrogens with one attached hydrogen (secondary N) is 1. The summed E-state index contributed by atoms with van der Waals surface area (Å²) in [6, 6.07) is 3.63. The second-order valence-electron chi connectivity index (χ2n) is 5.59. The number of hydrogen-bond acceptors (Lipinski definition) is 7. The molecule has 1 amide bonds. The van der Waals surface area contributed by atoms with Gasteiger partial charge in [-0.05, 0) is 29.8 Å². The topological polar surface area (TPSA) is 185 Å². The Hall–Kier alpha value is -3.95. The molecule has 1 atom stereocenters. The number of phenolic OH excluding ortho intramolecular Hbond substituents is 3. The largest absolute Gasteiger partial charge is 0.508 e. The van der Waals surface area contributed by atoms with E-state index in [-0.39, 0.29) is 12.0 Å². The molecule has 27 heavy (non-hydrogen) atoms. The van der Waals surface area contributed by atoms with Crippen molar-refractivity contribution in [2.75, 3.05) is 0 Å². The molecule has 142 valence electrons. The molecule has 2 aromatic rings. The number of benzene rings is 2. The highest BCUT2D eigenvalue weighted by atomic mass is 16.4. The third-order valence-corrected chi connectivity index (χ3v) is 3.65. The molecule has 1 unspecified atom stereocenters. The first kappa shape index (κ1) is 19.4. The minimum Gasteiger partial charge on any atom is -0.508 e. The molecule has 0 aliphatic rings. The van der Waals surface area contributed by atoms with Crippen molar-refractivity contribution < 1.29 is 45.0 Å². The number of carboxylic acids is 2. The molecule has 2 rings (SSSR count). The van der Waals surface area contributed by atoms with Gasteiger partial charge in [0.05, 0.1) is 5.56 Å². The predicted molar refractivity (Wildman–Crippen MR) is 89.1 cm³/mol. The van der Waals surface area contributed by atoms with E-state index in [1.807, 2.05) is 0 Å². The summed E-state index contributed by atoms with van der Waals surface area (Å²) in [5.74, 6) is -6.56. The maximum absolute atomic E-state index is 12.3. The lowest BCUT2D eigenvalue weighted by molar-refractivity contribution is -0.139. The Labute approximate surface area is 151 Å². The zero-order valence-corrected chi connectivity index (χ0v) is 13.6. The highest BCUT2D eigenvalue weighted by Gasteiger charge is 2.25. The van der Waals surface area contributed by atoms with Gasteiger partial charge < -0.3 is 36.0 Å². The summed E-state index contributed by atoms with van der Waals surface area (Å²) in [6.07, 6.45) is -0.278.